The number of rotatable bonds is 12. The maximum absolute atomic E-state index is 14.9. The number of hydrogen-bond donors (Lipinski definition) is 0. The summed E-state index contributed by atoms with van der Waals surface area (Å²) in [4.78, 5) is 0. The lowest BCUT2D eigenvalue weighted by Gasteiger charge is -2.33. The lowest BCUT2D eigenvalue weighted by Crippen LogP contribution is -2.37. The predicted molar refractivity (Wildman–Crippen MR) is 135 cm³/mol. The molecule has 0 radical (unpaired) electrons. The Morgan fingerprint density at radius 1 is 1.00 bits per heavy atom. The monoisotopic (exact) mass is 524 g/mol. The minimum Gasteiger partial charge on any atom is -0.432 e. The predicted octanol–water partition coefficient (Wildman–Crippen LogP) is 10.2. The van der Waals surface area contributed by atoms with E-state index in [1.54, 1.807) is 12.1 Å². The maximum Gasteiger partial charge on any atom is 0.400 e. The molecule has 37 heavy (non-hydrogen) atoms. The van der Waals surface area contributed by atoms with E-state index in [9.17, 15) is 26.3 Å². The van der Waals surface area contributed by atoms with Gasteiger partial charge >= 0.3 is 6.11 Å². The summed E-state index contributed by atoms with van der Waals surface area (Å²) in [5, 5.41) is 0. The third-order valence-electron chi connectivity index (χ3n) is 7.04. The third kappa shape index (κ3) is 7.65. The van der Waals surface area contributed by atoms with E-state index in [4.69, 9.17) is 4.74 Å². The number of allylic oxidation sites excluding steroid dienone is 2. The summed E-state index contributed by atoms with van der Waals surface area (Å²) in [5.74, 6) is -5.11. The minimum absolute atomic E-state index is 0.00146. The average Bonchev–Trinajstić information content (AvgIpc) is 2.88. The Hall–Kier alpha value is -2.70. The van der Waals surface area contributed by atoms with Gasteiger partial charge in [0.15, 0.2) is 5.83 Å². The van der Waals surface area contributed by atoms with E-state index in [1.165, 1.54) is 18.2 Å². The minimum atomic E-state index is -3.58. The van der Waals surface area contributed by atoms with Gasteiger partial charge in [-0.1, -0.05) is 50.1 Å². The standard InChI is InChI=1S/C30H34F6O/c1-3-5-7-9-26(31)29(34)22-12-10-20(11-13-22)21-14-16-23(17-15-21)30(35,36)37-24-18-27(32)25(8-6-4-2)28(33)19-24/h4,10-13,18-19,21,23H,2-3,5-9,14-17H2,1H3. The van der Waals surface area contributed by atoms with E-state index in [-0.39, 0.29) is 42.7 Å². The van der Waals surface area contributed by atoms with Crippen LogP contribution in [0.4, 0.5) is 26.3 Å². The van der Waals surface area contributed by atoms with Gasteiger partial charge in [0.2, 0.25) is 0 Å². The van der Waals surface area contributed by atoms with E-state index in [2.05, 4.69) is 6.58 Å². The average molecular weight is 525 g/mol. The number of unbranched alkanes of at least 4 members (excludes halogenated alkanes) is 2. The summed E-state index contributed by atoms with van der Waals surface area (Å²) >= 11 is 0. The van der Waals surface area contributed by atoms with Crippen molar-refractivity contribution in [3.8, 4) is 5.75 Å². The molecule has 0 saturated heterocycles. The highest BCUT2D eigenvalue weighted by molar-refractivity contribution is 5.61. The van der Waals surface area contributed by atoms with Gasteiger partial charge in [-0.2, -0.15) is 8.78 Å². The topological polar surface area (TPSA) is 9.23 Å². The Bertz CT molecular complexity index is 1040. The van der Waals surface area contributed by atoms with Crippen molar-refractivity contribution >= 4 is 5.83 Å². The van der Waals surface area contributed by atoms with Crippen LogP contribution in [0.1, 0.15) is 87.3 Å². The zero-order valence-electron chi connectivity index (χ0n) is 21.2. The fourth-order valence-corrected chi connectivity index (χ4v) is 4.83. The molecule has 7 heteroatoms. The second-order valence-electron chi connectivity index (χ2n) is 9.70. The molecule has 0 amide bonds. The lowest BCUT2D eigenvalue weighted by atomic mass is 9.78. The first kappa shape index (κ1) is 28.9. The van der Waals surface area contributed by atoms with Crippen molar-refractivity contribution in [2.45, 2.75) is 83.2 Å². The molecule has 1 fully saturated rings. The van der Waals surface area contributed by atoms with Gasteiger partial charge in [-0.25, -0.2) is 17.6 Å². The van der Waals surface area contributed by atoms with Crippen molar-refractivity contribution in [1.29, 1.82) is 0 Å². The molecule has 0 unspecified atom stereocenters. The number of halogens is 6. The zero-order valence-corrected chi connectivity index (χ0v) is 21.2. The van der Waals surface area contributed by atoms with E-state index in [0.717, 1.165) is 30.5 Å². The molecule has 0 aliphatic heterocycles. The van der Waals surface area contributed by atoms with E-state index < -0.39 is 41.1 Å². The highest BCUT2D eigenvalue weighted by Crippen LogP contribution is 2.43. The van der Waals surface area contributed by atoms with Crippen molar-refractivity contribution in [2.75, 3.05) is 0 Å². The second kappa shape index (κ2) is 13.2. The molecular weight excluding hydrogens is 490 g/mol. The van der Waals surface area contributed by atoms with Crippen LogP contribution in [0.15, 0.2) is 54.9 Å². The number of alkyl halides is 2. The molecule has 3 rings (SSSR count). The summed E-state index contributed by atoms with van der Waals surface area (Å²) in [6.45, 7) is 5.50. The summed E-state index contributed by atoms with van der Waals surface area (Å²) in [7, 11) is 0. The van der Waals surface area contributed by atoms with Crippen molar-refractivity contribution in [2.24, 2.45) is 5.92 Å². The van der Waals surface area contributed by atoms with Crippen LogP contribution in [-0.2, 0) is 6.42 Å². The molecule has 1 nitrogen and oxygen atoms in total. The molecule has 0 atom stereocenters. The number of benzene rings is 2. The molecule has 2 aromatic rings. The summed E-state index contributed by atoms with van der Waals surface area (Å²) in [6, 6.07) is 8.07. The SMILES string of the molecule is C=CCCc1c(F)cc(OC(F)(F)C2CCC(c3ccc(C(F)=C(F)CCCCC)cc3)CC2)cc1F. The quantitative estimate of drug-likeness (QED) is 0.152. The molecule has 0 spiro atoms. The van der Waals surface area contributed by atoms with Crippen LogP contribution in [0.3, 0.4) is 0 Å². The highest BCUT2D eigenvalue weighted by Gasteiger charge is 2.44. The zero-order chi connectivity index (χ0) is 27.0. The molecule has 1 aliphatic rings. The van der Waals surface area contributed by atoms with E-state index >= 15 is 0 Å². The van der Waals surface area contributed by atoms with Crippen LogP contribution in [0.25, 0.3) is 5.83 Å². The van der Waals surface area contributed by atoms with Crippen molar-refractivity contribution in [3.05, 3.63) is 83.2 Å². The molecule has 1 saturated carbocycles. The highest BCUT2D eigenvalue weighted by atomic mass is 19.3. The molecule has 2 aromatic carbocycles. The van der Waals surface area contributed by atoms with Crippen LogP contribution in [-0.4, -0.2) is 6.11 Å². The Morgan fingerprint density at radius 2 is 1.62 bits per heavy atom. The van der Waals surface area contributed by atoms with Crippen LogP contribution < -0.4 is 4.74 Å². The molecule has 0 bridgehead atoms. The summed E-state index contributed by atoms with van der Waals surface area (Å²) in [6.07, 6.45) is 2.02. The van der Waals surface area contributed by atoms with Gasteiger partial charge in [-0.3, -0.25) is 0 Å². The van der Waals surface area contributed by atoms with Gasteiger partial charge in [-0.15, -0.1) is 6.58 Å². The van der Waals surface area contributed by atoms with Gasteiger partial charge in [0.1, 0.15) is 23.2 Å². The fraction of sp³-hybridized carbons (Fsp3) is 0.467. The lowest BCUT2D eigenvalue weighted by molar-refractivity contribution is -0.222. The molecular formula is C30H34F6O. The molecule has 0 aromatic heterocycles. The smallest absolute Gasteiger partial charge is 0.400 e. The maximum atomic E-state index is 14.9. The van der Waals surface area contributed by atoms with Crippen molar-refractivity contribution in [1.82, 2.24) is 0 Å². The number of ether oxygens (including phenoxy) is 1. The Labute approximate surface area is 215 Å². The van der Waals surface area contributed by atoms with Crippen LogP contribution in [0, 0.1) is 17.6 Å². The third-order valence-corrected chi connectivity index (χ3v) is 7.04. The first-order valence-electron chi connectivity index (χ1n) is 13.0. The van der Waals surface area contributed by atoms with Crippen LogP contribution in [0.5, 0.6) is 5.75 Å². The first-order chi connectivity index (χ1) is 17.7. The summed E-state index contributed by atoms with van der Waals surface area (Å²) in [5.41, 5.74) is 0.864. The largest absolute Gasteiger partial charge is 0.432 e. The molecule has 0 heterocycles. The van der Waals surface area contributed by atoms with Gasteiger partial charge in [-0.05, 0) is 56.4 Å². The van der Waals surface area contributed by atoms with Gasteiger partial charge in [0.05, 0.1) is 5.92 Å². The number of hydrogen-bond acceptors (Lipinski definition) is 1. The normalized spacial score (nSPS) is 18.9. The van der Waals surface area contributed by atoms with Crippen LogP contribution in [0.2, 0.25) is 0 Å². The van der Waals surface area contributed by atoms with Gasteiger partial charge < -0.3 is 4.74 Å². The van der Waals surface area contributed by atoms with Gasteiger partial charge in [0.25, 0.3) is 0 Å². The van der Waals surface area contributed by atoms with Crippen molar-refractivity contribution < 1.29 is 31.1 Å². The first-order valence-corrected chi connectivity index (χ1v) is 13.0. The van der Waals surface area contributed by atoms with Crippen LogP contribution >= 0.6 is 0 Å². The van der Waals surface area contributed by atoms with E-state index in [0.29, 0.717) is 25.7 Å². The van der Waals surface area contributed by atoms with Gasteiger partial charge in [0, 0.05) is 29.7 Å². The Kier molecular flexibility index (Phi) is 10.3. The van der Waals surface area contributed by atoms with Crippen molar-refractivity contribution in [3.63, 3.8) is 0 Å². The molecule has 1 aliphatic carbocycles. The van der Waals surface area contributed by atoms with E-state index in [1.807, 2.05) is 6.92 Å². The Morgan fingerprint density at radius 3 is 2.19 bits per heavy atom. The summed E-state index contributed by atoms with van der Waals surface area (Å²) < 4.78 is 91.4. The molecule has 0 N–H and O–H groups in total. The second-order valence-corrected chi connectivity index (χ2v) is 9.70. The molecule has 202 valence electrons. The Balaban J connectivity index is 1.59. The fourth-order valence-electron chi connectivity index (χ4n) is 4.83.